The minimum absolute atomic E-state index is 0.0402. The van der Waals surface area contributed by atoms with E-state index in [0.29, 0.717) is 24.8 Å². The number of thioether (sulfide) groups is 1. The SMILES string of the molecule is Cc1ccc(SCC(=O)N(Cc2ccccc2)[C@@H](C)C(=O)NCC(C)C)cc1. The van der Waals surface area contributed by atoms with Gasteiger partial charge in [0.25, 0.3) is 0 Å². The second-order valence-corrected chi connectivity index (χ2v) is 8.47. The Bertz CT molecular complexity index is 760. The summed E-state index contributed by atoms with van der Waals surface area (Å²) < 4.78 is 0. The number of benzene rings is 2. The Balaban J connectivity index is 2.08. The van der Waals surface area contributed by atoms with Crippen LogP contribution >= 0.6 is 11.8 Å². The van der Waals surface area contributed by atoms with Crippen LogP contribution < -0.4 is 5.32 Å². The highest BCUT2D eigenvalue weighted by Crippen LogP contribution is 2.20. The molecule has 2 rings (SSSR count). The molecular formula is C23H30N2O2S. The van der Waals surface area contributed by atoms with Gasteiger partial charge in [-0.05, 0) is 37.5 Å². The number of carbonyl (C=O) groups is 2. The Hall–Kier alpha value is -2.27. The monoisotopic (exact) mass is 398 g/mol. The van der Waals surface area contributed by atoms with Gasteiger partial charge in [0.1, 0.15) is 6.04 Å². The number of hydrogen-bond donors (Lipinski definition) is 1. The lowest BCUT2D eigenvalue weighted by Crippen LogP contribution is -2.48. The molecule has 0 saturated carbocycles. The second-order valence-electron chi connectivity index (χ2n) is 7.42. The fourth-order valence-electron chi connectivity index (χ4n) is 2.68. The number of amides is 2. The van der Waals surface area contributed by atoms with Crippen LogP contribution in [0.4, 0.5) is 0 Å². The maximum Gasteiger partial charge on any atom is 0.242 e. The van der Waals surface area contributed by atoms with Crippen LogP contribution in [0, 0.1) is 12.8 Å². The van der Waals surface area contributed by atoms with Crippen LogP contribution in [0.3, 0.4) is 0 Å². The minimum Gasteiger partial charge on any atom is -0.354 e. The van der Waals surface area contributed by atoms with Crippen molar-refractivity contribution in [3.05, 3.63) is 65.7 Å². The molecule has 2 amide bonds. The van der Waals surface area contributed by atoms with Gasteiger partial charge < -0.3 is 10.2 Å². The molecule has 0 unspecified atom stereocenters. The fourth-order valence-corrected chi connectivity index (χ4v) is 3.46. The van der Waals surface area contributed by atoms with Gasteiger partial charge >= 0.3 is 0 Å². The molecule has 28 heavy (non-hydrogen) atoms. The number of rotatable bonds is 9. The number of aryl methyl sites for hydroxylation is 1. The molecule has 0 spiro atoms. The quantitative estimate of drug-likeness (QED) is 0.642. The van der Waals surface area contributed by atoms with Crippen molar-refractivity contribution in [3.63, 3.8) is 0 Å². The average Bonchev–Trinajstić information content (AvgIpc) is 2.69. The van der Waals surface area contributed by atoms with Gasteiger partial charge in [-0.25, -0.2) is 0 Å². The van der Waals surface area contributed by atoms with Crippen molar-refractivity contribution in [2.45, 2.75) is 45.2 Å². The smallest absolute Gasteiger partial charge is 0.242 e. The van der Waals surface area contributed by atoms with Gasteiger partial charge in [0, 0.05) is 18.0 Å². The van der Waals surface area contributed by atoms with E-state index >= 15 is 0 Å². The van der Waals surface area contributed by atoms with Gasteiger partial charge in [-0.15, -0.1) is 11.8 Å². The van der Waals surface area contributed by atoms with Gasteiger partial charge in [-0.3, -0.25) is 9.59 Å². The molecule has 5 heteroatoms. The standard InChI is InChI=1S/C23H30N2O2S/c1-17(2)14-24-23(27)19(4)25(15-20-8-6-5-7-9-20)22(26)16-28-21-12-10-18(3)11-13-21/h5-13,17,19H,14-16H2,1-4H3,(H,24,27)/t19-/m0/s1. The maximum atomic E-state index is 13.0. The van der Waals surface area contributed by atoms with Gasteiger partial charge in [0.2, 0.25) is 11.8 Å². The molecule has 0 aliphatic carbocycles. The van der Waals surface area contributed by atoms with Crippen LogP contribution in [0.25, 0.3) is 0 Å². The van der Waals surface area contributed by atoms with Crippen LogP contribution in [0.1, 0.15) is 31.9 Å². The Morgan fingerprint density at radius 1 is 1.00 bits per heavy atom. The molecular weight excluding hydrogens is 368 g/mol. The van der Waals surface area contributed by atoms with E-state index < -0.39 is 6.04 Å². The average molecular weight is 399 g/mol. The topological polar surface area (TPSA) is 49.4 Å². The van der Waals surface area contributed by atoms with E-state index in [1.165, 1.54) is 17.3 Å². The highest BCUT2D eigenvalue weighted by Gasteiger charge is 2.26. The third-order valence-electron chi connectivity index (χ3n) is 4.43. The van der Waals surface area contributed by atoms with Crippen molar-refractivity contribution in [2.24, 2.45) is 5.92 Å². The predicted molar refractivity (Wildman–Crippen MR) is 116 cm³/mol. The summed E-state index contributed by atoms with van der Waals surface area (Å²) in [6.07, 6.45) is 0. The van der Waals surface area contributed by atoms with Crippen LogP contribution in [0.2, 0.25) is 0 Å². The molecule has 1 atom stereocenters. The van der Waals surface area contributed by atoms with E-state index in [2.05, 4.69) is 19.2 Å². The normalized spacial score (nSPS) is 11.9. The molecule has 0 aliphatic heterocycles. The molecule has 4 nitrogen and oxygen atoms in total. The van der Waals surface area contributed by atoms with Crippen LogP contribution in [0.15, 0.2) is 59.5 Å². The summed E-state index contributed by atoms with van der Waals surface area (Å²) in [5, 5.41) is 2.94. The second kappa shape index (κ2) is 10.9. The third kappa shape index (κ3) is 7.04. The van der Waals surface area contributed by atoms with E-state index in [1.54, 1.807) is 11.8 Å². The van der Waals surface area contributed by atoms with E-state index in [1.807, 2.05) is 61.5 Å². The summed E-state index contributed by atoms with van der Waals surface area (Å²) in [5.41, 5.74) is 2.21. The van der Waals surface area contributed by atoms with Crippen LogP contribution in [0.5, 0.6) is 0 Å². The van der Waals surface area contributed by atoms with Crippen molar-refractivity contribution in [1.82, 2.24) is 10.2 Å². The van der Waals surface area contributed by atoms with E-state index in [0.717, 1.165) is 10.5 Å². The first-order chi connectivity index (χ1) is 13.4. The molecule has 1 N–H and O–H groups in total. The molecule has 0 aromatic heterocycles. The summed E-state index contributed by atoms with van der Waals surface area (Å²) >= 11 is 1.50. The minimum atomic E-state index is -0.523. The molecule has 0 radical (unpaired) electrons. The summed E-state index contributed by atoms with van der Waals surface area (Å²) in [6.45, 7) is 8.97. The Morgan fingerprint density at radius 3 is 2.25 bits per heavy atom. The Morgan fingerprint density at radius 2 is 1.64 bits per heavy atom. The zero-order chi connectivity index (χ0) is 20.5. The first-order valence-corrected chi connectivity index (χ1v) is 10.7. The number of hydrogen-bond acceptors (Lipinski definition) is 3. The van der Waals surface area contributed by atoms with Gasteiger partial charge in [-0.2, -0.15) is 0 Å². The molecule has 0 fully saturated rings. The third-order valence-corrected chi connectivity index (χ3v) is 5.43. The summed E-state index contributed by atoms with van der Waals surface area (Å²) in [7, 11) is 0. The highest BCUT2D eigenvalue weighted by atomic mass is 32.2. The zero-order valence-electron chi connectivity index (χ0n) is 17.1. The summed E-state index contributed by atoms with van der Waals surface area (Å²) in [4.78, 5) is 28.3. The fraction of sp³-hybridized carbons (Fsp3) is 0.391. The molecule has 2 aromatic rings. The van der Waals surface area contributed by atoms with E-state index in [-0.39, 0.29) is 11.8 Å². The molecule has 2 aromatic carbocycles. The predicted octanol–water partition coefficient (Wildman–Crippen LogP) is 4.28. The van der Waals surface area contributed by atoms with E-state index in [4.69, 9.17) is 0 Å². The van der Waals surface area contributed by atoms with Crippen molar-refractivity contribution >= 4 is 23.6 Å². The number of nitrogens with one attached hydrogen (secondary N) is 1. The summed E-state index contributed by atoms with van der Waals surface area (Å²) in [6, 6.07) is 17.4. The lowest BCUT2D eigenvalue weighted by Gasteiger charge is -2.29. The maximum absolute atomic E-state index is 13.0. The molecule has 150 valence electrons. The Labute approximate surface area is 172 Å². The summed E-state index contributed by atoms with van der Waals surface area (Å²) in [5.74, 6) is 0.518. The molecule has 0 saturated heterocycles. The van der Waals surface area contributed by atoms with Gasteiger partial charge in [0.15, 0.2) is 0 Å². The van der Waals surface area contributed by atoms with Crippen molar-refractivity contribution in [2.75, 3.05) is 12.3 Å². The van der Waals surface area contributed by atoms with Crippen molar-refractivity contribution < 1.29 is 9.59 Å². The van der Waals surface area contributed by atoms with Gasteiger partial charge in [-0.1, -0.05) is 61.9 Å². The number of carbonyl (C=O) groups excluding carboxylic acids is 2. The Kier molecular flexibility index (Phi) is 8.58. The zero-order valence-corrected chi connectivity index (χ0v) is 18.0. The van der Waals surface area contributed by atoms with E-state index in [9.17, 15) is 9.59 Å². The lowest BCUT2D eigenvalue weighted by molar-refractivity contribution is -0.138. The first kappa shape index (κ1) is 22.0. The van der Waals surface area contributed by atoms with Crippen LogP contribution in [-0.4, -0.2) is 35.1 Å². The van der Waals surface area contributed by atoms with Crippen molar-refractivity contribution in [1.29, 1.82) is 0 Å². The highest BCUT2D eigenvalue weighted by molar-refractivity contribution is 8.00. The number of nitrogens with zero attached hydrogens (tertiary/aromatic N) is 1. The lowest BCUT2D eigenvalue weighted by atomic mass is 10.1. The molecule has 0 aliphatic rings. The first-order valence-electron chi connectivity index (χ1n) is 9.67. The van der Waals surface area contributed by atoms with Gasteiger partial charge in [0.05, 0.1) is 5.75 Å². The molecule has 0 heterocycles. The largest absolute Gasteiger partial charge is 0.354 e. The molecule has 0 bridgehead atoms. The van der Waals surface area contributed by atoms with Crippen molar-refractivity contribution in [3.8, 4) is 0 Å². The van der Waals surface area contributed by atoms with Crippen LogP contribution in [-0.2, 0) is 16.1 Å².